The average molecular weight is 462 g/mol. The van der Waals surface area contributed by atoms with E-state index in [1.807, 2.05) is 12.1 Å². The van der Waals surface area contributed by atoms with Crippen LogP contribution in [0.25, 0.3) is 11.0 Å². The summed E-state index contributed by atoms with van der Waals surface area (Å²) in [5.74, 6) is 0.881. The highest BCUT2D eigenvalue weighted by Crippen LogP contribution is 2.42. The molecular formula is C29H36FN3O. The predicted molar refractivity (Wildman–Crippen MR) is 136 cm³/mol. The van der Waals surface area contributed by atoms with Crippen molar-refractivity contribution in [1.29, 1.82) is 5.41 Å². The molecule has 1 aliphatic carbocycles. The van der Waals surface area contributed by atoms with Crippen LogP contribution in [0.2, 0.25) is 0 Å². The minimum atomic E-state index is -0.218. The first-order valence-electron chi connectivity index (χ1n) is 13.0. The van der Waals surface area contributed by atoms with Crippen LogP contribution in [-0.4, -0.2) is 48.4 Å². The van der Waals surface area contributed by atoms with Gasteiger partial charge in [-0.05, 0) is 112 Å². The summed E-state index contributed by atoms with van der Waals surface area (Å²) >= 11 is 0. The topological polar surface area (TPSA) is 43.5 Å². The van der Waals surface area contributed by atoms with Crippen LogP contribution >= 0.6 is 0 Å². The Labute approximate surface area is 202 Å². The van der Waals surface area contributed by atoms with Gasteiger partial charge in [-0.2, -0.15) is 0 Å². The molecule has 2 aliphatic rings. The highest BCUT2D eigenvalue weighted by atomic mass is 19.1. The van der Waals surface area contributed by atoms with E-state index in [0.717, 1.165) is 48.2 Å². The Hall–Kier alpha value is -2.66. The fourth-order valence-electron chi connectivity index (χ4n) is 5.40. The van der Waals surface area contributed by atoms with Crippen molar-refractivity contribution >= 4 is 16.8 Å². The summed E-state index contributed by atoms with van der Waals surface area (Å²) in [5.41, 5.74) is 4.79. The molecule has 5 rings (SSSR count). The van der Waals surface area contributed by atoms with Gasteiger partial charge in [-0.15, -0.1) is 0 Å². The number of amidine groups is 1. The normalized spacial score (nSPS) is 16.4. The van der Waals surface area contributed by atoms with Gasteiger partial charge in [0.05, 0.1) is 6.26 Å². The number of aryl methyl sites for hydroxylation is 1. The second kappa shape index (κ2) is 10.3. The number of likely N-dealkylation sites (tertiary alicyclic amines) is 1. The summed E-state index contributed by atoms with van der Waals surface area (Å²) < 4.78 is 20.9. The highest BCUT2D eigenvalue weighted by Gasteiger charge is 2.25. The van der Waals surface area contributed by atoms with Crippen LogP contribution in [0, 0.1) is 11.2 Å². The van der Waals surface area contributed by atoms with E-state index in [0.29, 0.717) is 30.2 Å². The van der Waals surface area contributed by atoms with E-state index in [2.05, 4.69) is 28.9 Å². The van der Waals surface area contributed by atoms with Crippen LogP contribution in [0.1, 0.15) is 67.2 Å². The maximum atomic E-state index is 15.1. The summed E-state index contributed by atoms with van der Waals surface area (Å²) in [6.07, 6.45) is 9.14. The lowest BCUT2D eigenvalue weighted by molar-refractivity contribution is 0.310. The quantitative estimate of drug-likeness (QED) is 0.282. The van der Waals surface area contributed by atoms with E-state index in [9.17, 15) is 0 Å². The molecule has 2 heterocycles. The number of hydrogen-bond donors (Lipinski definition) is 1. The van der Waals surface area contributed by atoms with Crippen molar-refractivity contribution in [3.63, 3.8) is 0 Å². The van der Waals surface area contributed by atoms with Crippen LogP contribution in [0.4, 0.5) is 4.39 Å². The van der Waals surface area contributed by atoms with Gasteiger partial charge in [0.15, 0.2) is 0 Å². The maximum absolute atomic E-state index is 15.1. The van der Waals surface area contributed by atoms with Gasteiger partial charge in [-0.3, -0.25) is 5.41 Å². The van der Waals surface area contributed by atoms with E-state index < -0.39 is 0 Å². The fraction of sp³-hybridized carbons (Fsp3) is 0.483. The van der Waals surface area contributed by atoms with Gasteiger partial charge in [0.2, 0.25) is 0 Å². The summed E-state index contributed by atoms with van der Waals surface area (Å²) in [5, 5.41) is 10.1. The third-order valence-electron chi connectivity index (χ3n) is 7.52. The molecule has 3 aromatic rings. The number of nitrogens with zero attached hydrogens (tertiary/aromatic N) is 2. The average Bonchev–Trinajstić information content (AvgIpc) is 3.35. The molecule has 1 saturated carbocycles. The van der Waals surface area contributed by atoms with Gasteiger partial charge >= 0.3 is 0 Å². The smallest absolute Gasteiger partial charge is 0.137 e. The molecule has 5 heteroatoms. The standard InChI is InChI=1S/C29H36FN3O/c1-2-33(17-6-16-32-14-3-4-15-32)29(31)26-7-5-8-27(30)25(26)12-11-22-19-24(21-9-10-21)20-23-13-18-34-28(22)23/h5,7-8,13,18-21,31H,2-4,6,9-12,14-17H2,1H3. The molecular weight excluding hydrogens is 425 g/mol. The number of halogens is 1. The van der Waals surface area contributed by atoms with Crippen molar-refractivity contribution in [2.75, 3.05) is 32.7 Å². The lowest BCUT2D eigenvalue weighted by Gasteiger charge is -2.26. The largest absolute Gasteiger partial charge is 0.464 e. The summed E-state index contributed by atoms with van der Waals surface area (Å²) in [7, 11) is 0. The van der Waals surface area contributed by atoms with E-state index >= 15 is 4.39 Å². The SMILES string of the molecule is CCN(CCCN1CCCC1)C(=N)c1cccc(F)c1CCc1cc(C2CC2)cc2ccoc12. The molecule has 0 atom stereocenters. The van der Waals surface area contributed by atoms with Crippen LogP contribution in [-0.2, 0) is 12.8 Å². The lowest BCUT2D eigenvalue weighted by atomic mass is 9.95. The minimum absolute atomic E-state index is 0.218. The minimum Gasteiger partial charge on any atom is -0.464 e. The highest BCUT2D eigenvalue weighted by molar-refractivity contribution is 5.97. The van der Waals surface area contributed by atoms with E-state index in [1.54, 1.807) is 12.3 Å². The Morgan fingerprint density at radius 3 is 2.74 bits per heavy atom. The Balaban J connectivity index is 1.32. The Morgan fingerprint density at radius 1 is 1.15 bits per heavy atom. The van der Waals surface area contributed by atoms with Crippen LogP contribution in [0.15, 0.2) is 47.1 Å². The van der Waals surface area contributed by atoms with Crippen molar-refractivity contribution in [3.05, 3.63) is 70.7 Å². The van der Waals surface area contributed by atoms with Gasteiger partial charge in [-0.1, -0.05) is 18.2 Å². The first-order valence-corrected chi connectivity index (χ1v) is 13.0. The third kappa shape index (κ3) is 5.05. The number of hydrogen-bond acceptors (Lipinski definition) is 3. The van der Waals surface area contributed by atoms with Gasteiger partial charge in [-0.25, -0.2) is 4.39 Å². The van der Waals surface area contributed by atoms with Crippen LogP contribution < -0.4 is 0 Å². The Bertz CT molecular complexity index is 1140. The third-order valence-corrected chi connectivity index (χ3v) is 7.52. The van der Waals surface area contributed by atoms with Crippen molar-refractivity contribution in [2.45, 2.75) is 57.8 Å². The van der Waals surface area contributed by atoms with Crippen molar-refractivity contribution < 1.29 is 8.81 Å². The molecule has 1 aromatic heterocycles. The molecule has 34 heavy (non-hydrogen) atoms. The number of fused-ring (bicyclic) bond motifs is 1. The monoisotopic (exact) mass is 461 g/mol. The molecule has 2 aromatic carbocycles. The zero-order chi connectivity index (χ0) is 23.5. The van der Waals surface area contributed by atoms with Gasteiger partial charge in [0.1, 0.15) is 17.2 Å². The summed E-state index contributed by atoms with van der Waals surface area (Å²) in [6.45, 7) is 7.14. The molecule has 1 N–H and O–H groups in total. The van der Waals surface area contributed by atoms with Crippen molar-refractivity contribution in [2.24, 2.45) is 0 Å². The summed E-state index contributed by atoms with van der Waals surface area (Å²) in [6, 6.07) is 11.7. The first-order chi connectivity index (χ1) is 16.6. The fourth-order valence-corrected chi connectivity index (χ4v) is 5.40. The molecule has 0 amide bonds. The second-order valence-corrected chi connectivity index (χ2v) is 9.89. The molecule has 2 fully saturated rings. The van der Waals surface area contributed by atoms with Gasteiger partial charge < -0.3 is 14.2 Å². The van der Waals surface area contributed by atoms with E-state index in [1.165, 1.54) is 50.4 Å². The second-order valence-electron chi connectivity index (χ2n) is 9.89. The molecule has 0 radical (unpaired) electrons. The summed E-state index contributed by atoms with van der Waals surface area (Å²) in [4.78, 5) is 4.60. The zero-order valence-corrected chi connectivity index (χ0v) is 20.3. The molecule has 0 unspecified atom stereocenters. The molecule has 4 nitrogen and oxygen atoms in total. The maximum Gasteiger partial charge on any atom is 0.137 e. The van der Waals surface area contributed by atoms with Crippen LogP contribution in [0.3, 0.4) is 0 Å². The molecule has 0 spiro atoms. The van der Waals surface area contributed by atoms with Gasteiger partial charge in [0.25, 0.3) is 0 Å². The Kier molecular flexibility index (Phi) is 7.00. The van der Waals surface area contributed by atoms with Crippen molar-refractivity contribution in [3.8, 4) is 0 Å². The van der Waals surface area contributed by atoms with Crippen LogP contribution in [0.5, 0.6) is 0 Å². The number of benzene rings is 2. The Morgan fingerprint density at radius 2 is 1.97 bits per heavy atom. The number of furan rings is 1. The van der Waals surface area contributed by atoms with Gasteiger partial charge in [0, 0.05) is 24.0 Å². The number of nitrogens with one attached hydrogen (secondary N) is 1. The molecule has 1 saturated heterocycles. The van der Waals surface area contributed by atoms with E-state index in [4.69, 9.17) is 9.83 Å². The van der Waals surface area contributed by atoms with Crippen molar-refractivity contribution in [1.82, 2.24) is 9.80 Å². The van der Waals surface area contributed by atoms with E-state index in [-0.39, 0.29) is 5.82 Å². The number of rotatable bonds is 10. The molecule has 0 bridgehead atoms. The predicted octanol–water partition coefficient (Wildman–Crippen LogP) is 6.37. The molecule has 180 valence electrons. The molecule has 1 aliphatic heterocycles. The first kappa shape index (κ1) is 23.1. The lowest BCUT2D eigenvalue weighted by Crippen LogP contribution is -2.34. The zero-order valence-electron chi connectivity index (χ0n) is 20.3.